The fourth-order valence-electron chi connectivity index (χ4n) is 2.18. The van der Waals surface area contributed by atoms with Crippen molar-refractivity contribution >= 4 is 15.9 Å². The summed E-state index contributed by atoms with van der Waals surface area (Å²) in [4.78, 5) is 10.6. The van der Waals surface area contributed by atoms with Crippen LogP contribution >= 0.6 is 0 Å². The van der Waals surface area contributed by atoms with Gasteiger partial charge in [0.25, 0.3) is 0 Å². The van der Waals surface area contributed by atoms with Crippen LogP contribution in [0.2, 0.25) is 0 Å². The Hall–Kier alpha value is -1.75. The molecule has 5 nitrogen and oxygen atoms in total. The van der Waals surface area contributed by atoms with E-state index in [1.54, 1.807) is 0 Å². The summed E-state index contributed by atoms with van der Waals surface area (Å²) in [5.41, 5.74) is 0. The zero-order valence-electron chi connectivity index (χ0n) is 11.7. The highest BCUT2D eigenvalue weighted by atomic mass is 32.2. The van der Waals surface area contributed by atoms with Crippen molar-refractivity contribution in [3.8, 4) is 0 Å². The van der Waals surface area contributed by atoms with Gasteiger partial charge in [-0.05, 0) is 0 Å². The van der Waals surface area contributed by atoms with E-state index in [4.69, 9.17) is 0 Å². The Morgan fingerprint density at radius 1 is 0.826 bits per heavy atom. The summed E-state index contributed by atoms with van der Waals surface area (Å²) in [6, 6.07) is 0. The summed E-state index contributed by atoms with van der Waals surface area (Å²) < 4.78 is 91.7. The first-order valence-corrected chi connectivity index (χ1v) is 7.80. The number of sulfonamides is 1. The minimum absolute atomic E-state index is 0.0516. The van der Waals surface area contributed by atoms with E-state index in [1.165, 1.54) is 11.8 Å². The molecule has 0 saturated carbocycles. The number of rotatable bonds is 2. The van der Waals surface area contributed by atoms with Crippen molar-refractivity contribution in [1.29, 1.82) is 0 Å². The molecular weight excluding hydrogens is 347 g/mol. The molecule has 1 heterocycles. The smallest absolute Gasteiger partial charge is 0.249 e. The molecule has 0 atom stereocenters. The highest BCUT2D eigenvalue weighted by Gasteiger charge is 2.38. The second-order valence-electron chi connectivity index (χ2n) is 4.81. The van der Waals surface area contributed by atoms with Crippen LogP contribution in [0.15, 0.2) is 4.90 Å². The molecule has 1 aromatic rings. The van der Waals surface area contributed by atoms with Crippen LogP contribution in [0.25, 0.3) is 0 Å². The minimum Gasteiger partial charge on any atom is -0.340 e. The molecule has 0 unspecified atom stereocenters. The Morgan fingerprint density at radius 3 is 1.61 bits per heavy atom. The molecule has 23 heavy (non-hydrogen) atoms. The van der Waals surface area contributed by atoms with Crippen LogP contribution in [0.3, 0.4) is 0 Å². The monoisotopic (exact) mass is 358 g/mol. The second kappa shape index (κ2) is 6.04. The Labute approximate surface area is 128 Å². The van der Waals surface area contributed by atoms with Gasteiger partial charge in [-0.1, -0.05) is 0 Å². The molecule has 1 saturated heterocycles. The van der Waals surface area contributed by atoms with Crippen molar-refractivity contribution < 1.29 is 35.2 Å². The van der Waals surface area contributed by atoms with E-state index in [9.17, 15) is 35.2 Å². The summed E-state index contributed by atoms with van der Waals surface area (Å²) in [5.74, 6) is -12.2. The number of carbonyl (C=O) groups excluding carboxylic acids is 1. The summed E-state index contributed by atoms with van der Waals surface area (Å²) in [7, 11) is -4.94. The van der Waals surface area contributed by atoms with Crippen molar-refractivity contribution in [2.75, 3.05) is 26.2 Å². The Bertz CT molecular complexity index is 731. The first kappa shape index (κ1) is 17.6. The van der Waals surface area contributed by atoms with Gasteiger partial charge in [0.15, 0.2) is 28.2 Å². The summed E-state index contributed by atoms with van der Waals surface area (Å²) in [6.07, 6.45) is 0. The van der Waals surface area contributed by atoms with Gasteiger partial charge in [0.1, 0.15) is 0 Å². The number of halogens is 5. The van der Waals surface area contributed by atoms with Crippen molar-refractivity contribution in [3.05, 3.63) is 29.1 Å². The largest absolute Gasteiger partial charge is 0.340 e. The molecule has 0 aromatic heterocycles. The van der Waals surface area contributed by atoms with Gasteiger partial charge >= 0.3 is 0 Å². The summed E-state index contributed by atoms with van der Waals surface area (Å²) >= 11 is 0. The molecular formula is C12H11F5N2O3S. The maximum Gasteiger partial charge on any atom is 0.249 e. The van der Waals surface area contributed by atoms with Crippen molar-refractivity contribution in [2.24, 2.45) is 0 Å². The van der Waals surface area contributed by atoms with Crippen LogP contribution in [-0.2, 0) is 14.8 Å². The number of piperazine rings is 1. The van der Waals surface area contributed by atoms with E-state index in [2.05, 4.69) is 0 Å². The number of benzene rings is 1. The average molecular weight is 358 g/mol. The first-order valence-electron chi connectivity index (χ1n) is 6.36. The van der Waals surface area contributed by atoms with Crippen LogP contribution < -0.4 is 0 Å². The van der Waals surface area contributed by atoms with Crippen molar-refractivity contribution in [3.63, 3.8) is 0 Å². The summed E-state index contributed by atoms with van der Waals surface area (Å²) in [6.45, 7) is 0.519. The third-order valence-electron chi connectivity index (χ3n) is 3.45. The van der Waals surface area contributed by atoms with Gasteiger partial charge in [0.2, 0.25) is 21.7 Å². The van der Waals surface area contributed by atoms with Gasteiger partial charge in [-0.15, -0.1) is 0 Å². The number of carbonyl (C=O) groups is 1. The fraction of sp³-hybridized carbons (Fsp3) is 0.417. The maximum atomic E-state index is 13.7. The lowest BCUT2D eigenvalue weighted by Crippen LogP contribution is -2.50. The SMILES string of the molecule is CC(=O)N1CCN(S(=O)(=O)c2c(F)c(F)c(F)c(F)c2F)CC1. The van der Waals surface area contributed by atoms with E-state index in [0.29, 0.717) is 4.31 Å². The Balaban J connectivity index is 2.44. The molecule has 1 fully saturated rings. The van der Waals surface area contributed by atoms with Crippen LogP contribution in [0, 0.1) is 29.1 Å². The van der Waals surface area contributed by atoms with E-state index < -0.39 is 44.0 Å². The van der Waals surface area contributed by atoms with Crippen LogP contribution in [0.5, 0.6) is 0 Å². The predicted molar refractivity (Wildman–Crippen MR) is 67.2 cm³/mol. The normalized spacial score (nSPS) is 16.7. The molecule has 1 aromatic carbocycles. The molecule has 1 amide bonds. The van der Waals surface area contributed by atoms with Gasteiger partial charge < -0.3 is 4.90 Å². The molecule has 1 aliphatic heterocycles. The van der Waals surface area contributed by atoms with Gasteiger partial charge in [0.05, 0.1) is 0 Å². The number of hydrogen-bond donors (Lipinski definition) is 0. The number of amides is 1. The molecule has 1 aliphatic rings. The topological polar surface area (TPSA) is 57.7 Å². The molecule has 2 rings (SSSR count). The Morgan fingerprint density at radius 2 is 1.22 bits per heavy atom. The lowest BCUT2D eigenvalue weighted by molar-refractivity contribution is -0.129. The van der Waals surface area contributed by atoms with Crippen LogP contribution in [0.4, 0.5) is 22.0 Å². The quantitative estimate of drug-likeness (QED) is 0.454. The lowest BCUT2D eigenvalue weighted by Gasteiger charge is -2.33. The molecule has 0 N–H and O–H groups in total. The fourth-order valence-corrected chi connectivity index (χ4v) is 3.72. The second-order valence-corrected chi connectivity index (χ2v) is 6.68. The minimum atomic E-state index is -4.94. The van der Waals surface area contributed by atoms with Crippen LogP contribution in [-0.4, -0.2) is 49.7 Å². The lowest BCUT2D eigenvalue weighted by atomic mass is 10.3. The highest BCUT2D eigenvalue weighted by Crippen LogP contribution is 2.29. The third-order valence-corrected chi connectivity index (χ3v) is 5.37. The zero-order chi connectivity index (χ0) is 17.5. The molecule has 0 bridgehead atoms. The van der Waals surface area contributed by atoms with E-state index in [1.807, 2.05) is 0 Å². The standard InChI is InChI=1S/C12H11F5N2O3S/c1-6(20)18-2-4-19(5-3-18)23(21,22)12-10(16)8(14)7(13)9(15)11(12)17/h2-5H2,1H3. The van der Waals surface area contributed by atoms with Crippen LogP contribution in [0.1, 0.15) is 6.92 Å². The van der Waals surface area contributed by atoms with Gasteiger partial charge in [-0.3, -0.25) is 4.79 Å². The molecule has 0 aliphatic carbocycles. The maximum absolute atomic E-state index is 13.7. The average Bonchev–Trinajstić information content (AvgIpc) is 2.51. The van der Waals surface area contributed by atoms with Crippen molar-refractivity contribution in [1.82, 2.24) is 9.21 Å². The zero-order valence-corrected chi connectivity index (χ0v) is 12.6. The Kier molecular flexibility index (Phi) is 4.62. The van der Waals surface area contributed by atoms with E-state index in [-0.39, 0.29) is 32.1 Å². The third kappa shape index (κ3) is 2.90. The molecule has 128 valence electrons. The highest BCUT2D eigenvalue weighted by molar-refractivity contribution is 7.89. The van der Waals surface area contributed by atoms with Gasteiger partial charge in [0, 0.05) is 33.1 Å². The molecule has 0 spiro atoms. The van der Waals surface area contributed by atoms with Gasteiger partial charge in [-0.2, -0.15) is 4.31 Å². The van der Waals surface area contributed by atoms with Crippen molar-refractivity contribution in [2.45, 2.75) is 11.8 Å². The van der Waals surface area contributed by atoms with Gasteiger partial charge in [-0.25, -0.2) is 30.4 Å². The molecule has 0 radical (unpaired) electrons. The first-order chi connectivity index (χ1) is 10.6. The van der Waals surface area contributed by atoms with E-state index >= 15 is 0 Å². The molecule has 11 heteroatoms. The predicted octanol–water partition coefficient (Wildman–Crippen LogP) is 1.23. The van der Waals surface area contributed by atoms with E-state index in [0.717, 1.165) is 0 Å². The number of hydrogen-bond acceptors (Lipinski definition) is 3. The summed E-state index contributed by atoms with van der Waals surface area (Å²) in [5, 5.41) is 0. The number of nitrogens with zero attached hydrogens (tertiary/aromatic N) is 2.